The van der Waals surface area contributed by atoms with Crippen molar-refractivity contribution < 1.29 is 28.5 Å². The second-order valence-corrected chi connectivity index (χ2v) is 16.9. The zero-order valence-electron chi connectivity index (χ0n) is 28.0. The molecule has 0 radical (unpaired) electrons. The molecule has 6 rings (SSSR count). The standard InChI is InChI=1S/C37H55F2NO4/c1-22(14-27(44-7)20-40(23(2)41)19-24-15-25(38)17-26(39)16-24)28-18-32(43)35(6)30-9-8-29-33(3,4)31(42)10-11-36(29)21-37(30,36)13-12-34(28,35)5/h15-17,22,27-32,42-43H,8-14,18-21H2,1-7H3/t22-,27?,28-,29+,30?,31?,32+,34?,35-,36?,37?/m1/s1. The van der Waals surface area contributed by atoms with Crippen LogP contribution in [0.2, 0.25) is 0 Å². The molecule has 5 saturated carbocycles. The smallest absolute Gasteiger partial charge is 0.219 e. The number of halogens is 2. The van der Waals surface area contributed by atoms with E-state index in [1.54, 1.807) is 12.0 Å². The molecule has 6 unspecified atom stereocenters. The van der Waals surface area contributed by atoms with Crippen molar-refractivity contribution in [3.05, 3.63) is 35.4 Å². The number of carbonyl (C=O) groups excluding carboxylic acids is 1. The number of carbonyl (C=O) groups is 1. The minimum Gasteiger partial charge on any atom is -0.393 e. The molecule has 2 spiro atoms. The third-order valence-electron chi connectivity index (χ3n) is 15.0. The summed E-state index contributed by atoms with van der Waals surface area (Å²) in [5, 5.41) is 23.0. The number of hydrogen-bond acceptors (Lipinski definition) is 4. The number of methoxy groups -OCH3 is 1. The summed E-state index contributed by atoms with van der Waals surface area (Å²) < 4.78 is 33.6. The van der Waals surface area contributed by atoms with E-state index in [2.05, 4.69) is 34.6 Å². The highest BCUT2D eigenvalue weighted by Gasteiger charge is 2.83. The van der Waals surface area contributed by atoms with Crippen LogP contribution in [0, 0.1) is 62.4 Å². The van der Waals surface area contributed by atoms with Crippen molar-refractivity contribution in [2.45, 2.75) is 124 Å². The van der Waals surface area contributed by atoms with Crippen LogP contribution in [0.4, 0.5) is 8.78 Å². The molecule has 1 aromatic carbocycles. The molecule has 246 valence electrons. The first-order chi connectivity index (χ1) is 20.6. The molecule has 5 nitrogen and oxygen atoms in total. The van der Waals surface area contributed by atoms with Gasteiger partial charge in [0.25, 0.3) is 0 Å². The van der Waals surface area contributed by atoms with E-state index in [1.165, 1.54) is 31.9 Å². The van der Waals surface area contributed by atoms with Crippen molar-refractivity contribution in [1.82, 2.24) is 4.90 Å². The second kappa shape index (κ2) is 10.7. The van der Waals surface area contributed by atoms with Gasteiger partial charge >= 0.3 is 0 Å². The Balaban J connectivity index is 1.19. The third kappa shape index (κ3) is 4.48. The molecule has 5 fully saturated rings. The Bertz CT molecular complexity index is 1270. The van der Waals surface area contributed by atoms with Gasteiger partial charge in [-0.3, -0.25) is 4.79 Å². The summed E-state index contributed by atoms with van der Waals surface area (Å²) in [5.74, 6) is 0.197. The number of rotatable bonds is 8. The largest absolute Gasteiger partial charge is 0.393 e. The normalized spacial score (nSPS) is 43.2. The molecule has 0 aliphatic heterocycles. The summed E-state index contributed by atoms with van der Waals surface area (Å²) >= 11 is 0. The van der Waals surface area contributed by atoms with Crippen molar-refractivity contribution >= 4 is 5.91 Å². The number of aliphatic hydroxyl groups excluding tert-OH is 2. The average Bonchev–Trinajstić information content (AvgIpc) is 3.56. The van der Waals surface area contributed by atoms with Crippen LogP contribution in [0.1, 0.15) is 105 Å². The predicted molar refractivity (Wildman–Crippen MR) is 166 cm³/mol. The van der Waals surface area contributed by atoms with Crippen molar-refractivity contribution in [3.63, 3.8) is 0 Å². The molecule has 2 N–H and O–H groups in total. The van der Waals surface area contributed by atoms with Gasteiger partial charge in [-0.1, -0.05) is 34.6 Å². The zero-order chi connectivity index (χ0) is 32.0. The number of ether oxygens (including phenoxy) is 1. The molecule has 0 saturated heterocycles. The molecule has 1 amide bonds. The quantitative estimate of drug-likeness (QED) is 0.327. The highest BCUT2D eigenvalue weighted by atomic mass is 19.1. The topological polar surface area (TPSA) is 70.0 Å². The maximum atomic E-state index is 13.9. The summed E-state index contributed by atoms with van der Waals surface area (Å²) in [5.41, 5.74) is 0.837. The number of nitrogens with zero attached hydrogens (tertiary/aromatic N) is 1. The van der Waals surface area contributed by atoms with Gasteiger partial charge in [0.1, 0.15) is 11.6 Å². The first kappa shape index (κ1) is 32.4. The Hall–Kier alpha value is -1.57. The van der Waals surface area contributed by atoms with Gasteiger partial charge in [0.05, 0.1) is 18.3 Å². The number of amides is 1. The first-order valence-corrected chi connectivity index (χ1v) is 17.1. The van der Waals surface area contributed by atoms with Gasteiger partial charge < -0.3 is 19.8 Å². The van der Waals surface area contributed by atoms with Crippen LogP contribution in [0.5, 0.6) is 0 Å². The molecule has 0 bridgehead atoms. The van der Waals surface area contributed by atoms with E-state index in [1.807, 2.05) is 0 Å². The predicted octanol–water partition coefficient (Wildman–Crippen LogP) is 7.13. The van der Waals surface area contributed by atoms with E-state index in [0.717, 1.165) is 51.0 Å². The SMILES string of the molecule is COC(C[C@@H](C)[C@H]1C[C@H](O)[C@@]2(C)C3CC[C@H]4C(C)(C)C(O)CCC45CC35CCC12C)CN(Cc1cc(F)cc(F)c1)C(C)=O. The van der Waals surface area contributed by atoms with Gasteiger partial charge in [0.15, 0.2) is 0 Å². The lowest BCUT2D eigenvalue weighted by atomic mass is 9.41. The monoisotopic (exact) mass is 615 g/mol. The molecule has 1 aromatic rings. The fourth-order valence-corrected chi connectivity index (χ4v) is 12.6. The van der Waals surface area contributed by atoms with E-state index >= 15 is 0 Å². The van der Waals surface area contributed by atoms with E-state index < -0.39 is 11.6 Å². The molecule has 0 aromatic heterocycles. The van der Waals surface area contributed by atoms with E-state index in [9.17, 15) is 23.8 Å². The lowest BCUT2D eigenvalue weighted by Gasteiger charge is -2.63. The van der Waals surface area contributed by atoms with Gasteiger partial charge in [0, 0.05) is 38.6 Å². The molecule has 11 atom stereocenters. The summed E-state index contributed by atoms with van der Waals surface area (Å²) in [6.45, 7) is 13.7. The van der Waals surface area contributed by atoms with Crippen molar-refractivity contribution in [2.24, 2.45) is 50.7 Å². The van der Waals surface area contributed by atoms with Crippen molar-refractivity contribution in [1.29, 1.82) is 0 Å². The van der Waals surface area contributed by atoms with Crippen LogP contribution in [-0.4, -0.2) is 53.0 Å². The van der Waals surface area contributed by atoms with Gasteiger partial charge in [-0.05, 0) is 121 Å². The number of aliphatic hydroxyl groups is 2. The van der Waals surface area contributed by atoms with E-state index in [-0.39, 0.29) is 52.9 Å². The Kier molecular flexibility index (Phi) is 7.90. The summed E-state index contributed by atoms with van der Waals surface area (Å²) in [7, 11) is 1.67. The Morgan fingerprint density at radius 1 is 0.977 bits per heavy atom. The minimum atomic E-state index is -0.652. The van der Waals surface area contributed by atoms with E-state index in [0.29, 0.717) is 40.7 Å². The molecular formula is C37H55F2NO4. The van der Waals surface area contributed by atoms with Gasteiger partial charge in [0.2, 0.25) is 5.91 Å². The third-order valence-corrected chi connectivity index (χ3v) is 15.0. The number of benzene rings is 1. The Morgan fingerprint density at radius 2 is 1.61 bits per heavy atom. The maximum absolute atomic E-state index is 13.9. The molecular weight excluding hydrogens is 560 g/mol. The molecule has 5 aliphatic rings. The van der Waals surface area contributed by atoms with Gasteiger partial charge in [-0.2, -0.15) is 0 Å². The maximum Gasteiger partial charge on any atom is 0.219 e. The van der Waals surface area contributed by atoms with Gasteiger partial charge in [-0.15, -0.1) is 0 Å². The van der Waals surface area contributed by atoms with Crippen LogP contribution < -0.4 is 0 Å². The second-order valence-electron chi connectivity index (χ2n) is 16.9. The van der Waals surface area contributed by atoms with E-state index in [4.69, 9.17) is 4.74 Å². The van der Waals surface area contributed by atoms with Gasteiger partial charge in [-0.25, -0.2) is 8.78 Å². The zero-order valence-corrected chi connectivity index (χ0v) is 28.0. The molecule has 0 heterocycles. The lowest BCUT2D eigenvalue weighted by molar-refractivity contribution is -0.182. The molecule has 44 heavy (non-hydrogen) atoms. The van der Waals surface area contributed by atoms with Crippen molar-refractivity contribution in [2.75, 3.05) is 13.7 Å². The summed E-state index contributed by atoms with van der Waals surface area (Å²) in [6.07, 6.45) is 8.66. The van der Waals surface area contributed by atoms with Crippen LogP contribution >= 0.6 is 0 Å². The average molecular weight is 616 g/mol. The molecule has 5 aliphatic carbocycles. The Morgan fingerprint density at radius 3 is 2.25 bits per heavy atom. The number of hydrogen-bond donors (Lipinski definition) is 2. The summed E-state index contributed by atoms with van der Waals surface area (Å²) in [6, 6.07) is 3.39. The molecule has 7 heteroatoms. The Labute approximate surface area is 263 Å². The number of fused-ring (bicyclic) bond motifs is 2. The first-order valence-electron chi connectivity index (χ1n) is 17.1. The van der Waals surface area contributed by atoms with Crippen molar-refractivity contribution in [3.8, 4) is 0 Å². The highest BCUT2D eigenvalue weighted by molar-refractivity contribution is 5.73. The summed E-state index contributed by atoms with van der Waals surface area (Å²) in [4.78, 5) is 14.2. The van der Waals surface area contributed by atoms with Crippen LogP contribution in [0.3, 0.4) is 0 Å². The lowest BCUT2D eigenvalue weighted by Crippen LogP contribution is -2.59. The highest BCUT2D eigenvalue weighted by Crippen LogP contribution is 2.89. The van der Waals surface area contributed by atoms with Crippen LogP contribution in [0.15, 0.2) is 18.2 Å². The fourth-order valence-electron chi connectivity index (χ4n) is 12.6. The fraction of sp³-hybridized carbons (Fsp3) is 0.811. The van der Waals surface area contributed by atoms with Crippen LogP contribution in [-0.2, 0) is 16.1 Å². The van der Waals surface area contributed by atoms with Crippen LogP contribution in [0.25, 0.3) is 0 Å². The minimum absolute atomic E-state index is 0.000286.